The number of allylic oxidation sites excluding steroid dienone is 1. The molecule has 2 aromatic carbocycles. The second-order valence-corrected chi connectivity index (χ2v) is 11.8. The van der Waals surface area contributed by atoms with Crippen molar-refractivity contribution in [1.82, 2.24) is 0 Å². The zero-order chi connectivity index (χ0) is 37.1. The van der Waals surface area contributed by atoms with E-state index in [0.717, 1.165) is 36.4 Å². The van der Waals surface area contributed by atoms with E-state index in [9.17, 15) is 92.2 Å². The second-order valence-electron chi connectivity index (χ2n) is 9.51. The van der Waals surface area contributed by atoms with Gasteiger partial charge in [-0.1, -0.05) is 0 Å². The molecule has 0 aliphatic carbocycles. The second kappa shape index (κ2) is 12.0. The van der Waals surface area contributed by atoms with E-state index in [1.165, 1.54) is 25.1 Å². The van der Waals surface area contributed by atoms with Crippen LogP contribution in [0.25, 0.3) is 4.47 Å². The van der Waals surface area contributed by atoms with E-state index in [-0.39, 0.29) is 4.46 Å². The Morgan fingerprint density at radius 2 is 0.787 bits per heavy atom. The van der Waals surface area contributed by atoms with Gasteiger partial charge in [0.15, 0.2) is 0 Å². The van der Waals surface area contributed by atoms with Gasteiger partial charge >= 0.3 is 241 Å². The van der Waals surface area contributed by atoms with Crippen LogP contribution in [0.3, 0.4) is 0 Å². The Morgan fingerprint density at radius 3 is 1.15 bits per heavy atom. The SMILES string of the molecule is Cc1ccc(/C(=C\C(F)(F)C(F)(F)C(F)(F)C(F)(F)C(F)(F)C(F)(F)C(F)(F)C(F)(F)C(F)(F)C(F)(F)F)[Se]c2ccccc2)cc1. The summed E-state index contributed by atoms with van der Waals surface area (Å²) in [7, 11) is 0. The molecular formula is C25H13F21Se. The van der Waals surface area contributed by atoms with Crippen LogP contribution in [0.15, 0.2) is 60.7 Å². The Labute approximate surface area is 254 Å². The van der Waals surface area contributed by atoms with Crippen molar-refractivity contribution in [1.29, 1.82) is 0 Å². The molecule has 0 amide bonds. The van der Waals surface area contributed by atoms with E-state index in [4.69, 9.17) is 0 Å². The number of hydrogen-bond acceptors (Lipinski definition) is 0. The van der Waals surface area contributed by atoms with Crippen molar-refractivity contribution in [3.8, 4) is 0 Å². The van der Waals surface area contributed by atoms with Gasteiger partial charge in [0.1, 0.15) is 0 Å². The molecule has 0 nitrogen and oxygen atoms in total. The first-order valence-corrected chi connectivity index (χ1v) is 13.4. The molecule has 266 valence electrons. The Hall–Kier alpha value is -2.77. The maximum atomic E-state index is 14.8. The monoisotopic (exact) mass is 792 g/mol. The van der Waals surface area contributed by atoms with Gasteiger partial charge in [-0.15, -0.1) is 0 Å². The van der Waals surface area contributed by atoms with Crippen LogP contribution in [0.4, 0.5) is 92.2 Å². The van der Waals surface area contributed by atoms with Crippen molar-refractivity contribution < 1.29 is 92.2 Å². The minimum absolute atomic E-state index is 0.00646. The van der Waals surface area contributed by atoms with E-state index < -0.39 is 90.5 Å². The van der Waals surface area contributed by atoms with E-state index in [0.29, 0.717) is 5.56 Å². The molecule has 0 spiro atoms. The molecule has 2 rings (SSSR count). The van der Waals surface area contributed by atoms with Crippen molar-refractivity contribution in [3.05, 3.63) is 71.8 Å². The summed E-state index contributed by atoms with van der Waals surface area (Å²) in [5.41, 5.74) is -0.128. The van der Waals surface area contributed by atoms with Crippen LogP contribution in [0.2, 0.25) is 0 Å². The quantitative estimate of drug-likeness (QED) is 0.149. The number of rotatable bonds is 12. The summed E-state index contributed by atoms with van der Waals surface area (Å²) in [5, 5.41) is 0. The molecule has 2 aromatic rings. The van der Waals surface area contributed by atoms with Crippen molar-refractivity contribution >= 4 is 23.9 Å². The van der Waals surface area contributed by atoms with E-state index >= 15 is 0 Å². The van der Waals surface area contributed by atoms with Crippen LogP contribution in [0.5, 0.6) is 0 Å². The third kappa shape index (κ3) is 6.16. The standard InChI is InChI=1S/C25H13F21Se/c1-12-7-9-13(10-8-12)15(47-14-5-3-2-4-6-14)11-16(26,27)17(28,29)18(30,31)19(32,33)20(34,35)21(36,37)22(38,39)23(40,41)24(42,43)25(44,45)46/h2-11H,1H3/b15-11+. The Balaban J connectivity index is 2.75. The van der Waals surface area contributed by atoms with E-state index in [1.807, 2.05) is 0 Å². The molecule has 0 aliphatic heterocycles. The fourth-order valence-electron chi connectivity index (χ4n) is 3.33. The average molecular weight is 791 g/mol. The molecule has 0 radical (unpaired) electrons. The fraction of sp³-hybridized carbons (Fsp3) is 0.440. The van der Waals surface area contributed by atoms with Crippen molar-refractivity contribution in [3.63, 3.8) is 0 Å². The number of benzene rings is 2. The summed E-state index contributed by atoms with van der Waals surface area (Å²) in [6.45, 7) is 1.40. The topological polar surface area (TPSA) is 0 Å². The summed E-state index contributed by atoms with van der Waals surface area (Å²) in [4.78, 5) is 0. The van der Waals surface area contributed by atoms with Crippen LogP contribution in [-0.4, -0.2) is 74.4 Å². The summed E-state index contributed by atoms with van der Waals surface area (Å²) in [6.07, 6.45) is -9.19. The van der Waals surface area contributed by atoms with Gasteiger partial charge < -0.3 is 0 Å². The molecule has 0 bridgehead atoms. The summed E-state index contributed by atoms with van der Waals surface area (Å²) in [6, 6.07) is 10.2. The zero-order valence-electron chi connectivity index (χ0n) is 22.1. The van der Waals surface area contributed by atoms with Crippen LogP contribution in [0.1, 0.15) is 11.1 Å². The van der Waals surface area contributed by atoms with E-state index in [2.05, 4.69) is 0 Å². The van der Waals surface area contributed by atoms with Crippen LogP contribution in [0, 0.1) is 6.92 Å². The Morgan fingerprint density at radius 1 is 0.447 bits per heavy atom. The van der Waals surface area contributed by atoms with Gasteiger partial charge in [0, 0.05) is 0 Å². The molecule has 0 aliphatic rings. The zero-order valence-corrected chi connectivity index (χ0v) is 23.8. The molecule has 0 aromatic heterocycles. The van der Waals surface area contributed by atoms with Gasteiger partial charge in [-0.3, -0.25) is 0 Å². The predicted octanol–water partition coefficient (Wildman–Crippen LogP) is 9.65. The Kier molecular flexibility index (Phi) is 10.3. The fourth-order valence-corrected chi connectivity index (χ4v) is 5.45. The first-order valence-electron chi connectivity index (χ1n) is 11.7. The average Bonchev–Trinajstić information content (AvgIpc) is 2.92. The van der Waals surface area contributed by atoms with Gasteiger partial charge in [0.2, 0.25) is 0 Å². The third-order valence-electron chi connectivity index (χ3n) is 6.15. The summed E-state index contributed by atoms with van der Waals surface area (Å²) in [5.74, 6) is -77.3. The third-order valence-corrected chi connectivity index (χ3v) is 8.42. The number of hydrogen-bond donors (Lipinski definition) is 0. The first kappa shape index (κ1) is 40.4. The van der Waals surface area contributed by atoms with Crippen LogP contribution < -0.4 is 4.46 Å². The molecule has 0 N–H and O–H groups in total. The molecule has 22 heteroatoms. The summed E-state index contributed by atoms with van der Waals surface area (Å²) < 4.78 is 287. The molecule has 47 heavy (non-hydrogen) atoms. The number of aryl methyl sites for hydroxylation is 1. The molecule has 0 atom stereocenters. The van der Waals surface area contributed by atoms with Gasteiger partial charge in [0.05, 0.1) is 0 Å². The normalized spacial score (nSPS) is 15.7. The molecule has 0 saturated carbocycles. The van der Waals surface area contributed by atoms with E-state index in [1.54, 1.807) is 0 Å². The maximum absolute atomic E-state index is 14.8. The van der Waals surface area contributed by atoms with Crippen LogP contribution in [-0.2, 0) is 0 Å². The molecular weight excluding hydrogens is 778 g/mol. The van der Waals surface area contributed by atoms with Gasteiger partial charge in [-0.2, -0.15) is 13.2 Å². The van der Waals surface area contributed by atoms with Crippen molar-refractivity contribution in [2.45, 2.75) is 66.4 Å². The van der Waals surface area contributed by atoms with Gasteiger partial charge in [-0.25, -0.2) is 0 Å². The van der Waals surface area contributed by atoms with Crippen molar-refractivity contribution in [2.24, 2.45) is 0 Å². The summed E-state index contributed by atoms with van der Waals surface area (Å²) >= 11 is -1.65. The molecule has 0 unspecified atom stereocenters. The van der Waals surface area contributed by atoms with Gasteiger partial charge in [0.25, 0.3) is 0 Å². The van der Waals surface area contributed by atoms with Crippen molar-refractivity contribution in [2.75, 3.05) is 0 Å². The Bertz CT molecular complexity index is 1420. The molecule has 0 fully saturated rings. The number of halogens is 21. The number of alkyl halides is 21. The first-order chi connectivity index (χ1) is 20.7. The molecule has 0 heterocycles. The molecule has 0 saturated heterocycles. The predicted molar refractivity (Wildman–Crippen MR) is 122 cm³/mol. The van der Waals surface area contributed by atoms with Gasteiger partial charge in [-0.05, 0) is 0 Å². The minimum atomic E-state index is -9.20. The van der Waals surface area contributed by atoms with Crippen LogP contribution >= 0.6 is 0 Å².